The van der Waals surface area contributed by atoms with Gasteiger partial charge in [0.15, 0.2) is 0 Å². The molecule has 0 amide bonds. The minimum Gasteiger partial charge on any atom is -0.312 e. The molecule has 100 valence electrons. The first-order valence-corrected chi connectivity index (χ1v) is 6.94. The molecule has 2 nitrogen and oxygen atoms in total. The molecule has 2 heteroatoms. The molecule has 0 saturated carbocycles. The van der Waals surface area contributed by atoms with Crippen LogP contribution in [0.15, 0.2) is 11.6 Å². The van der Waals surface area contributed by atoms with Crippen molar-refractivity contribution in [2.45, 2.75) is 59.5 Å². The van der Waals surface area contributed by atoms with E-state index in [2.05, 4.69) is 57.8 Å². The van der Waals surface area contributed by atoms with Crippen molar-refractivity contribution in [1.82, 2.24) is 10.2 Å². The molecule has 17 heavy (non-hydrogen) atoms. The maximum absolute atomic E-state index is 3.61. The van der Waals surface area contributed by atoms with E-state index in [9.17, 15) is 0 Å². The molecule has 1 rings (SSSR count). The number of rotatable bonds is 4. The normalized spacial score (nSPS) is 22.1. The standard InChI is InChI=1S/C15H30N2/c1-12-8-7-9-17(11-12)14(3)13(2)10-16-15(4,5)6/h8,13-14,16H,7,9-11H2,1-6H3. The predicted octanol–water partition coefficient (Wildman–Crippen LogP) is 3.05. The molecule has 1 heterocycles. The molecule has 0 aromatic heterocycles. The Labute approximate surface area is 107 Å². The Morgan fingerprint density at radius 1 is 1.35 bits per heavy atom. The fraction of sp³-hybridized carbons (Fsp3) is 0.867. The molecule has 0 bridgehead atoms. The predicted molar refractivity (Wildman–Crippen MR) is 76.3 cm³/mol. The summed E-state index contributed by atoms with van der Waals surface area (Å²) in [5.41, 5.74) is 1.75. The van der Waals surface area contributed by atoms with E-state index < -0.39 is 0 Å². The van der Waals surface area contributed by atoms with Crippen molar-refractivity contribution in [2.75, 3.05) is 19.6 Å². The van der Waals surface area contributed by atoms with Crippen LogP contribution in [0.5, 0.6) is 0 Å². The Hall–Kier alpha value is -0.340. The number of hydrogen-bond donors (Lipinski definition) is 1. The highest BCUT2D eigenvalue weighted by molar-refractivity contribution is 5.05. The lowest BCUT2D eigenvalue weighted by Crippen LogP contribution is -2.46. The van der Waals surface area contributed by atoms with Crippen LogP contribution in [0.25, 0.3) is 0 Å². The minimum absolute atomic E-state index is 0.228. The van der Waals surface area contributed by atoms with Crippen molar-refractivity contribution in [2.24, 2.45) is 5.92 Å². The van der Waals surface area contributed by atoms with E-state index in [0.717, 1.165) is 13.1 Å². The lowest BCUT2D eigenvalue weighted by Gasteiger charge is -2.36. The molecule has 0 fully saturated rings. The smallest absolute Gasteiger partial charge is 0.0193 e. The van der Waals surface area contributed by atoms with Crippen molar-refractivity contribution in [1.29, 1.82) is 0 Å². The zero-order chi connectivity index (χ0) is 13.1. The van der Waals surface area contributed by atoms with Crippen LogP contribution in [0.1, 0.15) is 48.0 Å². The third-order valence-corrected chi connectivity index (χ3v) is 3.72. The summed E-state index contributed by atoms with van der Waals surface area (Å²) in [6, 6.07) is 0.661. The van der Waals surface area contributed by atoms with Gasteiger partial charge in [0.2, 0.25) is 0 Å². The number of nitrogens with zero attached hydrogens (tertiary/aromatic N) is 1. The van der Waals surface area contributed by atoms with Gasteiger partial charge < -0.3 is 5.32 Å². The summed E-state index contributed by atoms with van der Waals surface area (Å²) in [6.07, 6.45) is 3.59. The first-order valence-electron chi connectivity index (χ1n) is 6.94. The molecular formula is C15H30N2. The number of nitrogens with one attached hydrogen (secondary N) is 1. The average Bonchev–Trinajstić information content (AvgIpc) is 2.24. The van der Waals surface area contributed by atoms with Crippen LogP contribution in [0.2, 0.25) is 0 Å². The van der Waals surface area contributed by atoms with Crippen LogP contribution in [0, 0.1) is 5.92 Å². The second-order valence-electron chi connectivity index (χ2n) is 6.66. The molecule has 0 saturated heterocycles. The zero-order valence-corrected chi connectivity index (χ0v) is 12.5. The second kappa shape index (κ2) is 6.01. The zero-order valence-electron chi connectivity index (χ0n) is 12.5. The largest absolute Gasteiger partial charge is 0.312 e. The van der Waals surface area contributed by atoms with Gasteiger partial charge in [-0.05, 0) is 53.5 Å². The van der Waals surface area contributed by atoms with Crippen molar-refractivity contribution in [3.63, 3.8) is 0 Å². The second-order valence-corrected chi connectivity index (χ2v) is 6.66. The lowest BCUT2D eigenvalue weighted by molar-refractivity contribution is 0.164. The Morgan fingerprint density at radius 3 is 2.53 bits per heavy atom. The van der Waals surface area contributed by atoms with Gasteiger partial charge in [-0.15, -0.1) is 0 Å². The van der Waals surface area contributed by atoms with Gasteiger partial charge in [-0.2, -0.15) is 0 Å². The van der Waals surface area contributed by atoms with E-state index >= 15 is 0 Å². The highest BCUT2D eigenvalue weighted by Crippen LogP contribution is 2.17. The summed E-state index contributed by atoms with van der Waals surface area (Å²) in [5, 5.41) is 3.61. The third-order valence-electron chi connectivity index (χ3n) is 3.72. The van der Waals surface area contributed by atoms with E-state index in [1.165, 1.54) is 18.5 Å². The van der Waals surface area contributed by atoms with Crippen LogP contribution in [-0.4, -0.2) is 36.1 Å². The molecule has 2 atom stereocenters. The summed E-state index contributed by atoms with van der Waals surface area (Å²) in [5.74, 6) is 0.695. The van der Waals surface area contributed by atoms with Gasteiger partial charge >= 0.3 is 0 Å². The maximum Gasteiger partial charge on any atom is 0.0193 e. The highest BCUT2D eigenvalue weighted by Gasteiger charge is 2.22. The van der Waals surface area contributed by atoms with Crippen LogP contribution in [0.3, 0.4) is 0 Å². The van der Waals surface area contributed by atoms with E-state index in [-0.39, 0.29) is 5.54 Å². The monoisotopic (exact) mass is 238 g/mol. The fourth-order valence-electron chi connectivity index (χ4n) is 2.29. The molecule has 0 aromatic carbocycles. The maximum atomic E-state index is 3.61. The summed E-state index contributed by atoms with van der Waals surface area (Å²) >= 11 is 0. The van der Waals surface area contributed by atoms with Gasteiger partial charge in [0.25, 0.3) is 0 Å². The Balaban J connectivity index is 2.41. The Bertz CT molecular complexity index is 263. The first kappa shape index (κ1) is 14.7. The van der Waals surface area contributed by atoms with Gasteiger partial charge in [-0.25, -0.2) is 0 Å². The molecule has 0 spiro atoms. The molecule has 2 unspecified atom stereocenters. The SMILES string of the molecule is CC1=CCCN(C(C)C(C)CNC(C)(C)C)C1. The Kier molecular flexibility index (Phi) is 5.21. The van der Waals surface area contributed by atoms with E-state index in [4.69, 9.17) is 0 Å². The first-order chi connectivity index (χ1) is 7.79. The number of hydrogen-bond acceptors (Lipinski definition) is 2. The van der Waals surface area contributed by atoms with Crippen LogP contribution < -0.4 is 5.32 Å². The van der Waals surface area contributed by atoms with Crippen LogP contribution in [-0.2, 0) is 0 Å². The van der Waals surface area contributed by atoms with Crippen LogP contribution >= 0.6 is 0 Å². The topological polar surface area (TPSA) is 15.3 Å². The molecule has 1 aliphatic rings. The molecule has 1 N–H and O–H groups in total. The van der Waals surface area contributed by atoms with Gasteiger partial charge in [0.1, 0.15) is 0 Å². The van der Waals surface area contributed by atoms with Gasteiger partial charge in [-0.1, -0.05) is 18.6 Å². The van der Waals surface area contributed by atoms with Gasteiger partial charge in [-0.3, -0.25) is 4.90 Å². The quantitative estimate of drug-likeness (QED) is 0.757. The van der Waals surface area contributed by atoms with Crippen molar-refractivity contribution in [3.8, 4) is 0 Å². The summed E-state index contributed by atoms with van der Waals surface area (Å²) < 4.78 is 0. The average molecular weight is 238 g/mol. The molecule has 1 aliphatic heterocycles. The van der Waals surface area contributed by atoms with E-state index in [0.29, 0.717) is 12.0 Å². The summed E-state index contributed by atoms with van der Waals surface area (Å²) in [6.45, 7) is 17.2. The van der Waals surface area contributed by atoms with Crippen LogP contribution in [0.4, 0.5) is 0 Å². The molecule has 0 aliphatic carbocycles. The summed E-state index contributed by atoms with van der Waals surface area (Å²) in [4.78, 5) is 2.62. The molecule has 0 aromatic rings. The van der Waals surface area contributed by atoms with Crippen molar-refractivity contribution >= 4 is 0 Å². The minimum atomic E-state index is 0.228. The molecule has 0 radical (unpaired) electrons. The molecular weight excluding hydrogens is 208 g/mol. The van der Waals surface area contributed by atoms with Crippen molar-refractivity contribution < 1.29 is 0 Å². The van der Waals surface area contributed by atoms with E-state index in [1.54, 1.807) is 0 Å². The third kappa shape index (κ3) is 5.22. The highest BCUT2D eigenvalue weighted by atomic mass is 15.2. The Morgan fingerprint density at radius 2 is 2.00 bits per heavy atom. The van der Waals surface area contributed by atoms with Gasteiger partial charge in [0.05, 0.1) is 0 Å². The van der Waals surface area contributed by atoms with Gasteiger partial charge in [0, 0.05) is 24.7 Å². The fourth-order valence-corrected chi connectivity index (χ4v) is 2.29. The van der Waals surface area contributed by atoms with E-state index in [1.807, 2.05) is 0 Å². The summed E-state index contributed by atoms with van der Waals surface area (Å²) in [7, 11) is 0. The van der Waals surface area contributed by atoms with Crippen molar-refractivity contribution in [3.05, 3.63) is 11.6 Å². The lowest BCUT2D eigenvalue weighted by atomic mass is 9.98.